The number of hydrogen-bond donors (Lipinski definition) is 2. The van der Waals surface area contributed by atoms with Gasteiger partial charge in [0.2, 0.25) is 0 Å². The molecule has 3 aromatic rings. The molecule has 37 heavy (non-hydrogen) atoms. The molecule has 0 fully saturated rings. The van der Waals surface area contributed by atoms with Crippen LogP contribution < -0.4 is 15.5 Å². The van der Waals surface area contributed by atoms with Crippen molar-refractivity contribution in [1.29, 1.82) is 0 Å². The van der Waals surface area contributed by atoms with E-state index in [4.69, 9.17) is 27.9 Å². The Morgan fingerprint density at radius 2 is 1.76 bits per heavy atom. The van der Waals surface area contributed by atoms with Gasteiger partial charge in [-0.15, -0.1) is 0 Å². The summed E-state index contributed by atoms with van der Waals surface area (Å²) in [6.07, 6.45) is 0. The fraction of sp³-hybridized carbons (Fsp3) is 0.160. The van der Waals surface area contributed by atoms with Crippen LogP contribution in [0.1, 0.15) is 38.2 Å². The van der Waals surface area contributed by atoms with Crippen LogP contribution in [0, 0.1) is 13.8 Å². The van der Waals surface area contributed by atoms with Gasteiger partial charge < -0.3 is 10.1 Å². The highest BCUT2D eigenvalue weighted by Crippen LogP contribution is 2.32. The molecule has 0 bridgehead atoms. The van der Waals surface area contributed by atoms with Gasteiger partial charge in [0.05, 0.1) is 18.0 Å². The minimum Gasteiger partial charge on any atom is -0.462 e. The van der Waals surface area contributed by atoms with Crippen molar-refractivity contribution in [3.05, 3.63) is 79.9 Å². The Balaban J connectivity index is 1.45. The Morgan fingerprint density at radius 1 is 1.05 bits per heavy atom. The molecule has 0 saturated carbocycles. The third-order valence-electron chi connectivity index (χ3n) is 5.34. The second-order valence-corrected chi connectivity index (χ2v) is 9.66. The molecule has 1 aromatic heterocycles. The molecule has 1 aliphatic rings. The Bertz CT molecular complexity index is 1470. The number of nitrogens with one attached hydrogen (secondary N) is 2. The Labute approximate surface area is 226 Å². The van der Waals surface area contributed by atoms with Crippen LogP contribution in [-0.2, 0) is 14.3 Å². The fourth-order valence-corrected chi connectivity index (χ4v) is 4.66. The van der Waals surface area contributed by atoms with Crippen molar-refractivity contribution in [3.63, 3.8) is 0 Å². The molecular formula is C25H20Cl2N4O5S. The smallest absolute Gasteiger partial charge is 0.350 e. The van der Waals surface area contributed by atoms with Crippen LogP contribution in [0.3, 0.4) is 0 Å². The largest absolute Gasteiger partial charge is 0.462 e. The topological polar surface area (TPSA) is 118 Å². The van der Waals surface area contributed by atoms with E-state index in [0.717, 1.165) is 21.8 Å². The zero-order chi connectivity index (χ0) is 26.9. The maximum Gasteiger partial charge on any atom is 0.350 e. The number of amides is 3. The van der Waals surface area contributed by atoms with Crippen molar-refractivity contribution in [2.75, 3.05) is 22.1 Å². The first-order valence-corrected chi connectivity index (χ1v) is 12.6. The van der Waals surface area contributed by atoms with E-state index in [1.807, 2.05) is 0 Å². The predicted octanol–water partition coefficient (Wildman–Crippen LogP) is 5.28. The van der Waals surface area contributed by atoms with Gasteiger partial charge in [0.25, 0.3) is 17.7 Å². The van der Waals surface area contributed by atoms with Gasteiger partial charge in [-0.25, -0.2) is 14.7 Å². The summed E-state index contributed by atoms with van der Waals surface area (Å²) in [5, 5.41) is 5.92. The highest BCUT2D eigenvalue weighted by atomic mass is 35.5. The number of esters is 1. The van der Waals surface area contributed by atoms with Crippen molar-refractivity contribution in [3.8, 4) is 0 Å². The number of halogens is 2. The summed E-state index contributed by atoms with van der Waals surface area (Å²) in [5.41, 5.74) is 2.21. The molecule has 2 aromatic carbocycles. The Morgan fingerprint density at radius 3 is 2.41 bits per heavy atom. The molecule has 9 nitrogen and oxygen atoms in total. The highest BCUT2D eigenvalue weighted by Gasteiger charge is 2.39. The van der Waals surface area contributed by atoms with Crippen molar-refractivity contribution in [2.24, 2.45) is 0 Å². The maximum absolute atomic E-state index is 13.0. The predicted molar refractivity (Wildman–Crippen MR) is 142 cm³/mol. The lowest BCUT2D eigenvalue weighted by atomic mass is 10.2. The van der Waals surface area contributed by atoms with Gasteiger partial charge in [0, 0.05) is 16.3 Å². The summed E-state index contributed by atoms with van der Waals surface area (Å²) >= 11 is 13.4. The first kappa shape index (κ1) is 26.3. The van der Waals surface area contributed by atoms with Gasteiger partial charge in [0.1, 0.15) is 15.6 Å². The van der Waals surface area contributed by atoms with E-state index < -0.39 is 23.7 Å². The van der Waals surface area contributed by atoms with Crippen molar-refractivity contribution in [1.82, 2.24) is 4.98 Å². The van der Waals surface area contributed by atoms with E-state index in [-0.39, 0.29) is 22.5 Å². The zero-order valence-electron chi connectivity index (χ0n) is 19.8. The number of nitrogens with zero attached hydrogens (tertiary/aromatic N) is 2. The molecule has 12 heteroatoms. The number of rotatable bonds is 7. The molecule has 3 amide bonds. The molecular weight excluding hydrogens is 539 g/mol. The highest BCUT2D eigenvalue weighted by molar-refractivity contribution is 7.17. The van der Waals surface area contributed by atoms with Crippen molar-refractivity contribution < 1.29 is 23.9 Å². The number of benzene rings is 2. The third-order valence-corrected chi connectivity index (χ3v) is 7.15. The molecule has 2 N–H and O–H groups in total. The second kappa shape index (κ2) is 10.7. The van der Waals surface area contributed by atoms with Crippen LogP contribution in [0.25, 0.3) is 0 Å². The van der Waals surface area contributed by atoms with E-state index in [1.165, 1.54) is 18.2 Å². The van der Waals surface area contributed by atoms with Gasteiger partial charge in [-0.3, -0.25) is 19.7 Å². The molecule has 0 spiro atoms. The number of imide groups is 1. The van der Waals surface area contributed by atoms with Gasteiger partial charge >= 0.3 is 5.97 Å². The fourth-order valence-electron chi connectivity index (χ4n) is 3.42. The summed E-state index contributed by atoms with van der Waals surface area (Å²) < 4.78 is 4.99. The first-order chi connectivity index (χ1) is 17.6. The van der Waals surface area contributed by atoms with Crippen LogP contribution in [-0.4, -0.2) is 35.3 Å². The number of hydrogen-bond acceptors (Lipinski definition) is 8. The second-order valence-electron chi connectivity index (χ2n) is 7.88. The molecule has 1 aliphatic heterocycles. The minimum absolute atomic E-state index is 0.0923. The summed E-state index contributed by atoms with van der Waals surface area (Å²) in [7, 11) is 0. The van der Waals surface area contributed by atoms with Gasteiger partial charge in [-0.05, 0) is 62.7 Å². The third kappa shape index (κ3) is 5.36. The van der Waals surface area contributed by atoms with Gasteiger partial charge in [-0.1, -0.05) is 40.6 Å². The summed E-state index contributed by atoms with van der Waals surface area (Å²) in [6, 6.07) is 11.0. The number of thiazole rings is 1. The monoisotopic (exact) mass is 558 g/mol. The molecule has 0 aliphatic carbocycles. The maximum atomic E-state index is 13.0. The molecule has 0 radical (unpaired) electrons. The minimum atomic E-state index is -0.675. The van der Waals surface area contributed by atoms with E-state index in [1.54, 1.807) is 45.0 Å². The van der Waals surface area contributed by atoms with Crippen molar-refractivity contribution in [2.45, 2.75) is 20.8 Å². The molecule has 190 valence electrons. The number of anilines is 3. The van der Waals surface area contributed by atoms with E-state index in [9.17, 15) is 19.2 Å². The summed E-state index contributed by atoms with van der Waals surface area (Å²) in [4.78, 5) is 55.8. The molecule has 0 unspecified atom stereocenters. The Kier molecular flexibility index (Phi) is 7.63. The van der Waals surface area contributed by atoms with Crippen molar-refractivity contribution >= 4 is 74.7 Å². The van der Waals surface area contributed by atoms with Crippen LogP contribution in [0.2, 0.25) is 5.02 Å². The van der Waals surface area contributed by atoms with E-state index in [2.05, 4.69) is 15.6 Å². The number of carbonyl (C=O) groups excluding carboxylic acids is 4. The van der Waals surface area contributed by atoms with E-state index in [0.29, 0.717) is 32.5 Å². The molecule has 0 saturated heterocycles. The van der Waals surface area contributed by atoms with Crippen LogP contribution in [0.4, 0.5) is 16.5 Å². The van der Waals surface area contributed by atoms with E-state index >= 15 is 0 Å². The average Bonchev–Trinajstić information content (AvgIpc) is 3.33. The SMILES string of the molecule is CCOC(=O)c1sc(NC(=O)c2ccc(NC3=C(Cl)C(=O)N(c4ccc(C)c(Cl)c4)C3=O)cc2)nc1C. The number of aryl methyl sites for hydroxylation is 2. The summed E-state index contributed by atoms with van der Waals surface area (Å²) in [5.74, 6) is -2.24. The lowest BCUT2D eigenvalue weighted by Crippen LogP contribution is -2.32. The first-order valence-electron chi connectivity index (χ1n) is 11.0. The van der Waals surface area contributed by atoms with Crippen LogP contribution in [0.15, 0.2) is 53.2 Å². The Hall–Kier alpha value is -3.73. The quantitative estimate of drug-likeness (QED) is 0.299. The molecule has 4 rings (SSSR count). The standard InChI is InChI=1S/C25H20Cl2N4O5S/c1-4-36-24(35)20-13(3)28-25(37-20)30-21(32)14-6-8-15(9-7-14)29-19-18(27)22(33)31(23(19)34)16-10-5-12(2)17(26)11-16/h5-11,29H,4H2,1-3H3,(H,28,30,32). The van der Waals surface area contributed by atoms with Gasteiger partial charge in [-0.2, -0.15) is 0 Å². The lowest BCUT2D eigenvalue weighted by molar-refractivity contribution is -0.120. The normalized spacial score (nSPS) is 13.3. The molecule has 2 heterocycles. The average molecular weight is 559 g/mol. The lowest BCUT2D eigenvalue weighted by Gasteiger charge is -2.16. The number of carbonyl (C=O) groups is 4. The van der Waals surface area contributed by atoms with Gasteiger partial charge in [0.15, 0.2) is 5.13 Å². The zero-order valence-corrected chi connectivity index (χ0v) is 22.2. The molecule has 0 atom stereocenters. The number of ether oxygens (including phenoxy) is 1. The van der Waals surface area contributed by atoms with Crippen LogP contribution >= 0.6 is 34.5 Å². The summed E-state index contributed by atoms with van der Waals surface area (Å²) in [6.45, 7) is 5.40. The number of aromatic nitrogens is 1. The van der Waals surface area contributed by atoms with Crippen LogP contribution in [0.5, 0.6) is 0 Å².